The van der Waals surface area contributed by atoms with Gasteiger partial charge in [-0.15, -0.1) is 0 Å². The van der Waals surface area contributed by atoms with E-state index in [0.717, 1.165) is 16.9 Å². The number of rotatable bonds is 8. The van der Waals surface area contributed by atoms with Crippen molar-refractivity contribution < 1.29 is 19.2 Å². The summed E-state index contributed by atoms with van der Waals surface area (Å²) in [4.78, 5) is 25.6. The molecule has 0 radical (unpaired) electrons. The molecule has 1 N–H and O–H groups in total. The highest BCUT2D eigenvalue weighted by Gasteiger charge is 2.22. The third-order valence-electron chi connectivity index (χ3n) is 5.46. The third-order valence-corrected chi connectivity index (χ3v) is 5.46. The van der Waals surface area contributed by atoms with Crippen molar-refractivity contribution in [1.29, 1.82) is 0 Å². The number of hydrogen-bond donors (Lipinski definition) is 1. The van der Waals surface area contributed by atoms with E-state index in [2.05, 4.69) is 5.32 Å². The van der Waals surface area contributed by atoms with Crippen LogP contribution in [-0.2, 0) is 17.9 Å². The first kappa shape index (κ1) is 22.3. The molecule has 0 aliphatic carbocycles. The quantitative estimate of drug-likeness (QED) is 0.410. The molecular formula is C25H25N3O5. The molecule has 1 fully saturated rings. The molecular weight excluding hydrogens is 422 g/mol. The van der Waals surface area contributed by atoms with Crippen LogP contribution in [0, 0.1) is 10.1 Å². The maximum atomic E-state index is 12.7. The largest absolute Gasteiger partial charge is 0.489 e. The Labute approximate surface area is 191 Å². The van der Waals surface area contributed by atoms with Gasteiger partial charge in [-0.2, -0.15) is 0 Å². The van der Waals surface area contributed by atoms with Gasteiger partial charge in [0.15, 0.2) is 0 Å². The lowest BCUT2D eigenvalue weighted by atomic mass is 10.1. The first-order chi connectivity index (χ1) is 16.1. The van der Waals surface area contributed by atoms with Gasteiger partial charge in [0, 0.05) is 31.3 Å². The molecule has 0 atom stereocenters. The number of ether oxygens (including phenoxy) is 2. The molecule has 170 valence electrons. The molecule has 4 rings (SSSR count). The van der Waals surface area contributed by atoms with Crippen LogP contribution >= 0.6 is 0 Å². The maximum Gasteiger partial charge on any atom is 0.293 e. The standard InChI is InChI=1S/C25H25N3O5/c29-25(27-12-14-32-15-13-27)19-10-11-23(24(16-19)28(30)31)26-17-20-6-4-5-7-21(20)18-33-22-8-2-1-3-9-22/h1-11,16,26H,12-15,17-18H2. The molecule has 8 heteroatoms. The Bertz CT molecular complexity index is 1110. The third kappa shape index (κ3) is 5.67. The van der Waals surface area contributed by atoms with Crippen molar-refractivity contribution in [2.75, 3.05) is 31.6 Å². The second-order valence-electron chi connectivity index (χ2n) is 7.62. The van der Waals surface area contributed by atoms with Gasteiger partial charge in [-0.25, -0.2) is 0 Å². The lowest BCUT2D eigenvalue weighted by molar-refractivity contribution is -0.384. The van der Waals surface area contributed by atoms with E-state index in [1.807, 2.05) is 54.6 Å². The van der Waals surface area contributed by atoms with Gasteiger partial charge in [0.1, 0.15) is 18.0 Å². The smallest absolute Gasteiger partial charge is 0.293 e. The van der Waals surface area contributed by atoms with E-state index in [-0.39, 0.29) is 11.6 Å². The van der Waals surface area contributed by atoms with Gasteiger partial charge in [-0.1, -0.05) is 42.5 Å². The number of anilines is 1. The lowest BCUT2D eigenvalue weighted by Crippen LogP contribution is -2.40. The average Bonchev–Trinajstić information content (AvgIpc) is 2.87. The number of amides is 1. The number of nitrogens with one attached hydrogen (secondary N) is 1. The van der Waals surface area contributed by atoms with Crippen molar-refractivity contribution in [3.63, 3.8) is 0 Å². The maximum absolute atomic E-state index is 12.7. The van der Waals surface area contributed by atoms with E-state index in [0.29, 0.717) is 50.7 Å². The van der Waals surface area contributed by atoms with Crippen LogP contribution in [0.25, 0.3) is 0 Å². The van der Waals surface area contributed by atoms with Crippen LogP contribution in [0.15, 0.2) is 72.8 Å². The van der Waals surface area contributed by atoms with E-state index in [1.54, 1.807) is 17.0 Å². The Balaban J connectivity index is 1.47. The van der Waals surface area contributed by atoms with E-state index in [4.69, 9.17) is 9.47 Å². The molecule has 3 aromatic carbocycles. The van der Waals surface area contributed by atoms with Gasteiger partial charge in [0.2, 0.25) is 0 Å². The Morgan fingerprint density at radius 1 is 1.00 bits per heavy atom. The van der Waals surface area contributed by atoms with Gasteiger partial charge >= 0.3 is 0 Å². The van der Waals surface area contributed by atoms with Crippen molar-refractivity contribution in [2.24, 2.45) is 0 Å². The van der Waals surface area contributed by atoms with Crippen molar-refractivity contribution in [1.82, 2.24) is 4.90 Å². The molecule has 8 nitrogen and oxygen atoms in total. The van der Waals surface area contributed by atoms with Crippen LogP contribution < -0.4 is 10.1 Å². The molecule has 1 heterocycles. The Morgan fingerprint density at radius 3 is 2.42 bits per heavy atom. The molecule has 0 spiro atoms. The first-order valence-electron chi connectivity index (χ1n) is 10.8. The van der Waals surface area contributed by atoms with Gasteiger partial charge in [-0.3, -0.25) is 14.9 Å². The summed E-state index contributed by atoms with van der Waals surface area (Å²) in [6.07, 6.45) is 0. The summed E-state index contributed by atoms with van der Waals surface area (Å²) < 4.78 is 11.1. The van der Waals surface area contributed by atoms with Crippen LogP contribution in [0.5, 0.6) is 5.75 Å². The summed E-state index contributed by atoms with van der Waals surface area (Å²) in [5.41, 5.74) is 2.47. The molecule has 0 aromatic heterocycles. The number of para-hydroxylation sites is 1. The zero-order chi connectivity index (χ0) is 23.0. The minimum absolute atomic E-state index is 0.132. The zero-order valence-corrected chi connectivity index (χ0v) is 18.1. The molecule has 0 saturated carbocycles. The Morgan fingerprint density at radius 2 is 1.70 bits per heavy atom. The molecule has 1 saturated heterocycles. The summed E-state index contributed by atoms with van der Waals surface area (Å²) in [7, 11) is 0. The monoisotopic (exact) mass is 447 g/mol. The summed E-state index contributed by atoms with van der Waals surface area (Å²) in [6, 6.07) is 21.9. The van der Waals surface area contributed by atoms with Gasteiger partial charge in [-0.05, 0) is 35.4 Å². The number of carbonyl (C=O) groups is 1. The predicted octanol–water partition coefficient (Wildman–Crippen LogP) is 4.26. The molecule has 1 aliphatic heterocycles. The topological polar surface area (TPSA) is 93.9 Å². The Kier molecular flexibility index (Phi) is 7.16. The number of benzene rings is 3. The highest BCUT2D eigenvalue weighted by atomic mass is 16.6. The summed E-state index contributed by atoms with van der Waals surface area (Å²) >= 11 is 0. The minimum Gasteiger partial charge on any atom is -0.489 e. The van der Waals surface area contributed by atoms with E-state index in [1.165, 1.54) is 6.07 Å². The molecule has 3 aromatic rings. The van der Waals surface area contributed by atoms with E-state index < -0.39 is 4.92 Å². The first-order valence-corrected chi connectivity index (χ1v) is 10.8. The predicted molar refractivity (Wildman–Crippen MR) is 124 cm³/mol. The van der Waals surface area contributed by atoms with Gasteiger partial charge < -0.3 is 19.7 Å². The number of nitro benzene ring substituents is 1. The number of hydrogen-bond acceptors (Lipinski definition) is 6. The number of carbonyl (C=O) groups excluding carboxylic acids is 1. The lowest BCUT2D eigenvalue weighted by Gasteiger charge is -2.26. The number of nitrogens with zero attached hydrogens (tertiary/aromatic N) is 2. The SMILES string of the molecule is O=C(c1ccc(NCc2ccccc2COc2ccccc2)c([N+](=O)[O-])c1)N1CCOCC1. The van der Waals surface area contributed by atoms with Crippen LogP contribution in [0.1, 0.15) is 21.5 Å². The average molecular weight is 447 g/mol. The second kappa shape index (κ2) is 10.6. The highest BCUT2D eigenvalue weighted by Crippen LogP contribution is 2.27. The molecule has 1 aliphatic rings. The molecule has 1 amide bonds. The highest BCUT2D eigenvalue weighted by molar-refractivity contribution is 5.95. The van der Waals surface area contributed by atoms with E-state index in [9.17, 15) is 14.9 Å². The number of nitro groups is 1. The van der Waals surface area contributed by atoms with Gasteiger partial charge in [0.25, 0.3) is 11.6 Å². The van der Waals surface area contributed by atoms with E-state index >= 15 is 0 Å². The van der Waals surface area contributed by atoms with Crippen molar-refractivity contribution in [2.45, 2.75) is 13.2 Å². The molecule has 0 unspecified atom stereocenters. The normalized spacial score (nSPS) is 13.4. The molecule has 0 bridgehead atoms. The number of morpholine rings is 1. The minimum atomic E-state index is -0.469. The molecule has 33 heavy (non-hydrogen) atoms. The fraction of sp³-hybridized carbons (Fsp3) is 0.240. The Hall–Kier alpha value is -3.91. The van der Waals surface area contributed by atoms with Crippen LogP contribution in [0.3, 0.4) is 0 Å². The van der Waals surface area contributed by atoms with Crippen molar-refractivity contribution in [3.05, 3.63) is 99.6 Å². The summed E-state index contributed by atoms with van der Waals surface area (Å²) in [5.74, 6) is 0.549. The van der Waals surface area contributed by atoms with Gasteiger partial charge in [0.05, 0.1) is 18.1 Å². The van der Waals surface area contributed by atoms with Crippen LogP contribution in [-0.4, -0.2) is 42.0 Å². The van der Waals surface area contributed by atoms with Crippen molar-refractivity contribution in [3.8, 4) is 5.75 Å². The van der Waals surface area contributed by atoms with Crippen LogP contribution in [0.4, 0.5) is 11.4 Å². The van der Waals surface area contributed by atoms with Crippen LogP contribution in [0.2, 0.25) is 0 Å². The summed E-state index contributed by atoms with van der Waals surface area (Å²) in [6.45, 7) is 2.67. The zero-order valence-electron chi connectivity index (χ0n) is 18.1. The van der Waals surface area contributed by atoms with Crippen molar-refractivity contribution >= 4 is 17.3 Å². The fourth-order valence-corrected chi connectivity index (χ4v) is 3.65. The summed E-state index contributed by atoms with van der Waals surface area (Å²) in [5, 5.41) is 14.9. The fourth-order valence-electron chi connectivity index (χ4n) is 3.65. The second-order valence-corrected chi connectivity index (χ2v) is 7.62.